The van der Waals surface area contributed by atoms with Gasteiger partial charge in [-0.15, -0.1) is 11.3 Å². The average molecular weight is 487 g/mol. The summed E-state index contributed by atoms with van der Waals surface area (Å²) < 4.78 is 15.3. The van der Waals surface area contributed by atoms with Crippen LogP contribution in [-0.2, 0) is 11.8 Å². The lowest BCUT2D eigenvalue weighted by atomic mass is 10.0. The molecule has 2 aromatic carbocycles. The van der Waals surface area contributed by atoms with Crippen LogP contribution in [0.5, 0.6) is 5.75 Å². The van der Waals surface area contributed by atoms with Gasteiger partial charge in [-0.25, -0.2) is 15.0 Å². The van der Waals surface area contributed by atoms with Crippen LogP contribution in [-0.4, -0.2) is 44.1 Å². The van der Waals surface area contributed by atoms with Crippen LogP contribution in [0.1, 0.15) is 25.7 Å². The SMILES string of the molecule is Cn1cc(-c2cc(OC3CCCOCCC3)c3c(Nc4ccc5ncsc5c4)ncnc3c2)cn1. The Hall–Kier alpha value is -3.56. The predicted molar refractivity (Wildman–Crippen MR) is 138 cm³/mol. The first-order valence-electron chi connectivity index (χ1n) is 11.9. The topological polar surface area (TPSA) is 87.0 Å². The molecule has 5 aromatic rings. The van der Waals surface area contributed by atoms with E-state index in [9.17, 15) is 0 Å². The number of ether oxygens (including phenoxy) is 2. The van der Waals surface area contributed by atoms with Gasteiger partial charge in [0, 0.05) is 37.7 Å². The van der Waals surface area contributed by atoms with Crippen LogP contribution in [0.2, 0.25) is 0 Å². The van der Waals surface area contributed by atoms with Gasteiger partial charge in [0.15, 0.2) is 0 Å². The van der Waals surface area contributed by atoms with Crippen molar-refractivity contribution in [2.75, 3.05) is 18.5 Å². The van der Waals surface area contributed by atoms with Gasteiger partial charge >= 0.3 is 0 Å². The van der Waals surface area contributed by atoms with E-state index in [-0.39, 0.29) is 6.10 Å². The van der Waals surface area contributed by atoms with Gasteiger partial charge in [0.1, 0.15) is 17.9 Å². The lowest BCUT2D eigenvalue weighted by Crippen LogP contribution is -2.20. The van der Waals surface area contributed by atoms with Crippen molar-refractivity contribution >= 4 is 44.0 Å². The molecule has 0 saturated carbocycles. The molecule has 6 rings (SSSR count). The van der Waals surface area contributed by atoms with Crippen molar-refractivity contribution in [2.24, 2.45) is 7.05 Å². The fourth-order valence-electron chi connectivity index (χ4n) is 4.52. The molecule has 9 heteroatoms. The minimum atomic E-state index is 0.118. The van der Waals surface area contributed by atoms with Crippen molar-refractivity contribution in [3.8, 4) is 16.9 Å². The molecule has 35 heavy (non-hydrogen) atoms. The van der Waals surface area contributed by atoms with Gasteiger partial charge in [-0.1, -0.05) is 0 Å². The highest BCUT2D eigenvalue weighted by molar-refractivity contribution is 7.16. The first-order chi connectivity index (χ1) is 17.2. The molecule has 0 bridgehead atoms. The lowest BCUT2D eigenvalue weighted by molar-refractivity contribution is 0.0775. The molecule has 4 heterocycles. The van der Waals surface area contributed by atoms with Crippen molar-refractivity contribution in [3.05, 3.63) is 54.6 Å². The third-order valence-corrected chi connectivity index (χ3v) is 7.05. The first kappa shape index (κ1) is 21.9. The third kappa shape index (κ3) is 4.69. The van der Waals surface area contributed by atoms with E-state index in [2.05, 4.69) is 43.6 Å². The summed E-state index contributed by atoms with van der Waals surface area (Å²) in [6.07, 6.45) is 9.47. The van der Waals surface area contributed by atoms with Crippen molar-refractivity contribution in [2.45, 2.75) is 31.8 Å². The molecule has 0 aliphatic carbocycles. The molecule has 178 valence electrons. The second-order valence-electron chi connectivity index (χ2n) is 8.79. The summed E-state index contributed by atoms with van der Waals surface area (Å²) in [5.41, 5.74) is 6.67. The van der Waals surface area contributed by atoms with E-state index in [1.807, 2.05) is 37.1 Å². The number of benzene rings is 2. The Morgan fingerprint density at radius 2 is 1.91 bits per heavy atom. The van der Waals surface area contributed by atoms with E-state index < -0.39 is 0 Å². The Morgan fingerprint density at radius 1 is 1.03 bits per heavy atom. The Bertz CT molecular complexity index is 1470. The summed E-state index contributed by atoms with van der Waals surface area (Å²) in [7, 11) is 1.92. The first-order valence-corrected chi connectivity index (χ1v) is 12.7. The summed E-state index contributed by atoms with van der Waals surface area (Å²) >= 11 is 1.62. The number of aromatic nitrogens is 5. The van der Waals surface area contributed by atoms with Gasteiger partial charge in [-0.3, -0.25) is 4.68 Å². The number of fused-ring (bicyclic) bond motifs is 2. The zero-order valence-corrected chi connectivity index (χ0v) is 20.3. The largest absolute Gasteiger partial charge is 0.490 e. The third-order valence-electron chi connectivity index (χ3n) is 6.26. The van der Waals surface area contributed by atoms with Crippen LogP contribution in [0, 0.1) is 0 Å². The average Bonchev–Trinajstić information content (AvgIpc) is 3.49. The number of aryl methyl sites for hydroxylation is 1. The molecule has 1 aliphatic heterocycles. The predicted octanol–water partition coefficient (Wildman–Crippen LogP) is 5.72. The number of anilines is 2. The monoisotopic (exact) mass is 486 g/mol. The number of hydrogen-bond acceptors (Lipinski definition) is 8. The Morgan fingerprint density at radius 3 is 2.74 bits per heavy atom. The summed E-state index contributed by atoms with van der Waals surface area (Å²) in [4.78, 5) is 13.6. The van der Waals surface area contributed by atoms with Crippen LogP contribution in [0.4, 0.5) is 11.5 Å². The Balaban J connectivity index is 1.43. The maximum Gasteiger partial charge on any atom is 0.145 e. The zero-order valence-electron chi connectivity index (χ0n) is 19.5. The van der Waals surface area contributed by atoms with Crippen LogP contribution in [0.3, 0.4) is 0 Å². The number of nitrogens with one attached hydrogen (secondary N) is 1. The van der Waals surface area contributed by atoms with E-state index in [4.69, 9.17) is 9.47 Å². The summed E-state index contributed by atoms with van der Waals surface area (Å²) in [6.45, 7) is 1.57. The Labute approximate surface area is 207 Å². The highest BCUT2D eigenvalue weighted by Crippen LogP contribution is 2.37. The molecule has 0 atom stereocenters. The molecule has 1 fully saturated rings. The highest BCUT2D eigenvalue weighted by Gasteiger charge is 2.19. The number of hydrogen-bond donors (Lipinski definition) is 1. The van der Waals surface area contributed by atoms with Crippen LogP contribution in [0.15, 0.2) is 54.6 Å². The molecule has 3 aromatic heterocycles. The van der Waals surface area contributed by atoms with E-state index >= 15 is 0 Å². The molecule has 0 radical (unpaired) electrons. The standard InChI is InChI=1S/C26H26N6O2S/c1-32-14-18(13-30-32)17-10-22-25(23(11-17)34-20-4-2-8-33-9-3-5-20)26(28-15-27-22)31-19-6-7-21-24(12-19)35-16-29-21/h6-7,10-16,20H,2-5,8-9H2,1H3,(H,27,28,31). The quantitative estimate of drug-likeness (QED) is 0.340. The summed E-state index contributed by atoms with van der Waals surface area (Å²) in [5, 5.41) is 8.73. The van der Waals surface area contributed by atoms with Crippen LogP contribution >= 0.6 is 11.3 Å². The van der Waals surface area contributed by atoms with Gasteiger partial charge in [0.2, 0.25) is 0 Å². The molecular weight excluding hydrogens is 460 g/mol. The van der Waals surface area contributed by atoms with E-state index in [0.29, 0.717) is 0 Å². The zero-order chi connectivity index (χ0) is 23.6. The normalized spacial score (nSPS) is 15.2. The van der Waals surface area contributed by atoms with E-state index in [1.54, 1.807) is 22.3 Å². The minimum absolute atomic E-state index is 0.118. The Kier molecular flexibility index (Phi) is 6.01. The molecular formula is C26H26N6O2S. The molecule has 0 amide bonds. The van der Waals surface area contributed by atoms with Crippen LogP contribution < -0.4 is 10.1 Å². The van der Waals surface area contributed by atoms with E-state index in [1.165, 1.54) is 0 Å². The fraction of sp³-hybridized carbons (Fsp3) is 0.308. The second-order valence-corrected chi connectivity index (χ2v) is 9.68. The van der Waals surface area contributed by atoms with Gasteiger partial charge in [0.25, 0.3) is 0 Å². The summed E-state index contributed by atoms with van der Waals surface area (Å²) in [6, 6.07) is 10.3. The van der Waals surface area contributed by atoms with Gasteiger partial charge < -0.3 is 14.8 Å². The van der Waals surface area contributed by atoms with Crippen molar-refractivity contribution in [1.29, 1.82) is 0 Å². The number of rotatable bonds is 5. The minimum Gasteiger partial charge on any atom is -0.490 e. The van der Waals surface area contributed by atoms with E-state index in [0.717, 1.165) is 88.4 Å². The van der Waals surface area contributed by atoms with Gasteiger partial charge in [0.05, 0.1) is 38.9 Å². The van der Waals surface area contributed by atoms with Crippen molar-refractivity contribution in [1.82, 2.24) is 24.7 Å². The van der Waals surface area contributed by atoms with Gasteiger partial charge in [-0.05, 0) is 61.6 Å². The van der Waals surface area contributed by atoms with Crippen LogP contribution in [0.25, 0.3) is 32.2 Å². The molecule has 1 N–H and O–H groups in total. The maximum atomic E-state index is 6.70. The molecule has 0 unspecified atom stereocenters. The number of nitrogens with zero attached hydrogens (tertiary/aromatic N) is 5. The number of thiazole rings is 1. The molecule has 1 saturated heterocycles. The molecule has 8 nitrogen and oxygen atoms in total. The second kappa shape index (κ2) is 9.59. The molecule has 0 spiro atoms. The summed E-state index contributed by atoms with van der Waals surface area (Å²) in [5.74, 6) is 1.51. The van der Waals surface area contributed by atoms with Gasteiger partial charge in [-0.2, -0.15) is 5.10 Å². The smallest absolute Gasteiger partial charge is 0.145 e. The lowest BCUT2D eigenvalue weighted by Gasteiger charge is -2.23. The fourth-order valence-corrected chi connectivity index (χ4v) is 5.23. The highest BCUT2D eigenvalue weighted by atomic mass is 32.1. The molecule has 1 aliphatic rings. The van der Waals surface area contributed by atoms with Crippen molar-refractivity contribution < 1.29 is 9.47 Å². The maximum absolute atomic E-state index is 6.70. The van der Waals surface area contributed by atoms with Crippen molar-refractivity contribution in [3.63, 3.8) is 0 Å².